The zero-order valence-electron chi connectivity index (χ0n) is 18.8. The van der Waals surface area contributed by atoms with E-state index in [1.165, 1.54) is 18.6 Å². The second kappa shape index (κ2) is 8.96. The fourth-order valence-corrected chi connectivity index (χ4v) is 4.99. The van der Waals surface area contributed by atoms with Crippen LogP contribution >= 0.6 is 0 Å². The van der Waals surface area contributed by atoms with E-state index in [9.17, 15) is 12.8 Å². The van der Waals surface area contributed by atoms with Crippen molar-refractivity contribution in [2.75, 3.05) is 30.6 Å². The van der Waals surface area contributed by atoms with E-state index < -0.39 is 15.8 Å². The Labute approximate surface area is 188 Å². The highest BCUT2D eigenvalue weighted by atomic mass is 32.2. The second-order valence-corrected chi connectivity index (χ2v) is 11.7. The molecule has 0 aromatic carbocycles. The summed E-state index contributed by atoms with van der Waals surface area (Å²) in [5.41, 5.74) is -0.142. The molecule has 0 bridgehead atoms. The van der Waals surface area contributed by atoms with E-state index >= 15 is 0 Å². The highest BCUT2D eigenvalue weighted by molar-refractivity contribution is 7.91. The molecule has 1 saturated heterocycles. The van der Waals surface area contributed by atoms with Gasteiger partial charge in [0.25, 0.3) is 5.95 Å². The summed E-state index contributed by atoms with van der Waals surface area (Å²) in [5, 5.41) is 4.17. The molecule has 32 heavy (non-hydrogen) atoms. The lowest BCUT2D eigenvalue weighted by Crippen LogP contribution is -2.35. The highest BCUT2D eigenvalue weighted by Gasteiger charge is 2.43. The quantitative estimate of drug-likeness (QED) is 0.580. The monoisotopic (exact) mass is 466 g/mol. The van der Waals surface area contributed by atoms with Crippen LogP contribution in [-0.2, 0) is 15.3 Å². The molecule has 1 unspecified atom stereocenters. The molecule has 0 radical (unpaired) electrons. The van der Waals surface area contributed by atoms with Gasteiger partial charge in [-0.15, -0.1) is 0 Å². The zero-order valence-corrected chi connectivity index (χ0v) is 19.6. The first kappa shape index (κ1) is 22.9. The van der Waals surface area contributed by atoms with Crippen LogP contribution in [0, 0.1) is 17.8 Å². The molecule has 2 aromatic heterocycles. The molecule has 10 heteroatoms. The molecule has 8 nitrogen and oxygen atoms in total. The van der Waals surface area contributed by atoms with E-state index in [0.717, 1.165) is 44.5 Å². The largest absolute Gasteiger partial charge is 0.478 e. The van der Waals surface area contributed by atoms with Gasteiger partial charge >= 0.3 is 0 Å². The minimum atomic E-state index is -3.89. The minimum Gasteiger partial charge on any atom is -0.478 e. The van der Waals surface area contributed by atoms with Crippen molar-refractivity contribution in [1.29, 1.82) is 0 Å². The molecule has 2 aliphatic rings. The Hall–Kier alpha value is -2.23. The molecule has 2 aromatic rings. The van der Waals surface area contributed by atoms with Crippen molar-refractivity contribution in [1.82, 2.24) is 15.1 Å². The van der Waals surface area contributed by atoms with Gasteiger partial charge in [0.05, 0.1) is 11.5 Å². The maximum atomic E-state index is 12.5. The van der Waals surface area contributed by atoms with Crippen LogP contribution in [0.25, 0.3) is 0 Å². The van der Waals surface area contributed by atoms with Crippen molar-refractivity contribution in [3.8, 4) is 5.88 Å². The third-order valence-corrected chi connectivity index (χ3v) is 7.66. The number of piperidine rings is 1. The van der Waals surface area contributed by atoms with E-state index in [1.807, 2.05) is 0 Å². The van der Waals surface area contributed by atoms with Crippen LogP contribution < -0.4 is 9.64 Å². The predicted molar refractivity (Wildman–Crippen MR) is 117 cm³/mol. The van der Waals surface area contributed by atoms with Crippen molar-refractivity contribution in [3.05, 3.63) is 24.2 Å². The standard InChI is InChI=1S/C22H31FN4O4S/c1-22(2,3)20-25-21(26-31-20)27-9-6-15(7-10-27)18-12-16(18)8-11-30-19-5-4-17(13-24-19)32(28,29)14-23/h4-5,13,15-16,18H,6-12,14H2,1-3H3/t16?,18-/m1/s1. The first-order valence-corrected chi connectivity index (χ1v) is 12.8. The van der Waals surface area contributed by atoms with Gasteiger partial charge < -0.3 is 14.2 Å². The maximum Gasteiger partial charge on any atom is 0.266 e. The Morgan fingerprint density at radius 3 is 2.59 bits per heavy atom. The maximum absolute atomic E-state index is 12.5. The molecule has 176 valence electrons. The van der Waals surface area contributed by atoms with Crippen molar-refractivity contribution in [2.45, 2.75) is 56.8 Å². The van der Waals surface area contributed by atoms with E-state index in [-0.39, 0.29) is 10.3 Å². The molecule has 0 amide bonds. The topological polar surface area (TPSA) is 98.4 Å². The fraction of sp³-hybridized carbons (Fsp3) is 0.682. The molecule has 1 aliphatic carbocycles. The summed E-state index contributed by atoms with van der Waals surface area (Å²) in [4.78, 5) is 10.6. The normalized spacial score (nSPS) is 22.2. The average molecular weight is 467 g/mol. The Morgan fingerprint density at radius 2 is 2.00 bits per heavy atom. The molecule has 0 spiro atoms. The number of alkyl halides is 1. The van der Waals surface area contributed by atoms with E-state index in [1.54, 1.807) is 0 Å². The SMILES string of the molecule is CC(C)(C)c1nc(N2CCC([C@H]3CC3CCOc3ccc(S(=O)(=O)CF)cn3)CC2)no1. The third kappa shape index (κ3) is 5.22. The number of pyridine rings is 1. The summed E-state index contributed by atoms with van der Waals surface area (Å²) < 4.78 is 46.6. The molecule has 2 atom stereocenters. The van der Waals surface area contributed by atoms with Crippen LogP contribution in [0.3, 0.4) is 0 Å². The number of ether oxygens (including phenoxy) is 1. The van der Waals surface area contributed by atoms with E-state index in [4.69, 9.17) is 9.26 Å². The molecular formula is C22H31FN4O4S. The molecular weight excluding hydrogens is 435 g/mol. The lowest BCUT2D eigenvalue weighted by Gasteiger charge is -2.31. The number of aromatic nitrogens is 3. The average Bonchev–Trinajstić information content (AvgIpc) is 3.35. The zero-order chi connectivity index (χ0) is 22.9. The van der Waals surface area contributed by atoms with Crippen LogP contribution in [0.5, 0.6) is 5.88 Å². The molecule has 4 rings (SSSR count). The Kier molecular flexibility index (Phi) is 6.42. The number of anilines is 1. The van der Waals surface area contributed by atoms with Crippen molar-refractivity contribution in [2.24, 2.45) is 17.8 Å². The van der Waals surface area contributed by atoms with Crippen LogP contribution in [0.4, 0.5) is 10.3 Å². The number of rotatable bonds is 8. The number of hydrogen-bond donors (Lipinski definition) is 0. The van der Waals surface area contributed by atoms with Gasteiger partial charge in [0.2, 0.25) is 21.6 Å². The lowest BCUT2D eigenvalue weighted by atomic mass is 9.90. The van der Waals surface area contributed by atoms with Gasteiger partial charge in [0.15, 0.2) is 6.01 Å². The van der Waals surface area contributed by atoms with Crippen LogP contribution in [0.1, 0.15) is 52.3 Å². The smallest absolute Gasteiger partial charge is 0.266 e. The van der Waals surface area contributed by atoms with Gasteiger partial charge in [0.1, 0.15) is 0 Å². The summed E-state index contributed by atoms with van der Waals surface area (Å²) in [7, 11) is -3.89. The molecule has 1 aliphatic heterocycles. The number of sulfone groups is 1. The van der Waals surface area contributed by atoms with Crippen LogP contribution in [0.15, 0.2) is 27.7 Å². The van der Waals surface area contributed by atoms with Crippen molar-refractivity contribution < 1.29 is 22.1 Å². The third-order valence-electron chi connectivity index (χ3n) is 6.41. The highest BCUT2D eigenvalue weighted by Crippen LogP contribution is 2.49. The number of halogens is 1. The summed E-state index contributed by atoms with van der Waals surface area (Å²) in [5.74, 6) is 3.85. The second-order valence-electron chi connectivity index (χ2n) is 9.83. The molecule has 1 saturated carbocycles. The summed E-state index contributed by atoms with van der Waals surface area (Å²) >= 11 is 0. The van der Waals surface area contributed by atoms with E-state index in [0.29, 0.717) is 36.2 Å². The van der Waals surface area contributed by atoms with Crippen LogP contribution in [0.2, 0.25) is 0 Å². The summed E-state index contributed by atoms with van der Waals surface area (Å²) in [6, 6.07) is 1.38. The summed E-state index contributed by atoms with van der Waals surface area (Å²) in [6.45, 7) is 8.64. The first-order chi connectivity index (χ1) is 15.2. The van der Waals surface area contributed by atoms with Gasteiger partial charge in [-0.05, 0) is 54.7 Å². The Bertz CT molecular complexity index is 1010. The van der Waals surface area contributed by atoms with Crippen molar-refractivity contribution in [3.63, 3.8) is 0 Å². The molecule has 0 N–H and O–H groups in total. The first-order valence-electron chi connectivity index (χ1n) is 11.1. The minimum absolute atomic E-state index is 0.128. The van der Waals surface area contributed by atoms with E-state index in [2.05, 4.69) is 40.8 Å². The van der Waals surface area contributed by atoms with Crippen molar-refractivity contribution >= 4 is 15.8 Å². The Balaban J connectivity index is 1.18. The van der Waals surface area contributed by atoms with Gasteiger partial charge in [-0.2, -0.15) is 4.98 Å². The van der Waals surface area contributed by atoms with Crippen LogP contribution in [-0.4, -0.2) is 49.2 Å². The van der Waals surface area contributed by atoms with Gasteiger partial charge in [0, 0.05) is 30.8 Å². The van der Waals surface area contributed by atoms with Gasteiger partial charge in [-0.1, -0.05) is 20.8 Å². The number of hydrogen-bond acceptors (Lipinski definition) is 8. The molecule has 2 fully saturated rings. The summed E-state index contributed by atoms with van der Waals surface area (Å²) in [6.07, 6.45) is 5.59. The lowest BCUT2D eigenvalue weighted by molar-refractivity contribution is 0.275. The van der Waals surface area contributed by atoms with Gasteiger partial charge in [-0.25, -0.2) is 17.8 Å². The predicted octanol–water partition coefficient (Wildman–Crippen LogP) is 3.78. The van der Waals surface area contributed by atoms with Gasteiger partial charge in [-0.3, -0.25) is 0 Å². The molecule has 3 heterocycles. The fourth-order valence-electron chi connectivity index (χ4n) is 4.37. The Morgan fingerprint density at radius 1 is 1.25 bits per heavy atom. The number of nitrogens with zero attached hydrogens (tertiary/aromatic N) is 4.